The Bertz CT molecular complexity index is 260. The quantitative estimate of drug-likeness (QED) is 0.679. The van der Waals surface area contributed by atoms with Crippen LogP contribution in [-0.4, -0.2) is 16.3 Å². The fourth-order valence-corrected chi connectivity index (χ4v) is 0.919. The van der Waals surface area contributed by atoms with Crippen LogP contribution in [0.5, 0.6) is 0 Å². The van der Waals surface area contributed by atoms with E-state index in [2.05, 4.69) is 5.10 Å². The van der Waals surface area contributed by atoms with Gasteiger partial charge in [-0.1, -0.05) is 6.08 Å². The van der Waals surface area contributed by atoms with Gasteiger partial charge < -0.3 is 5.73 Å². The van der Waals surface area contributed by atoms with Crippen molar-refractivity contribution in [3.8, 4) is 0 Å². The van der Waals surface area contributed by atoms with Crippen LogP contribution in [0.15, 0.2) is 18.5 Å². The maximum atomic E-state index is 5.37. The van der Waals surface area contributed by atoms with Gasteiger partial charge in [-0.3, -0.25) is 4.68 Å². The SMILES string of the molecule is CC(=CCN)c1cnn(C)c1. The zero-order valence-corrected chi connectivity index (χ0v) is 6.91. The fraction of sp³-hybridized carbons (Fsp3) is 0.375. The van der Waals surface area contributed by atoms with Crippen molar-refractivity contribution in [1.29, 1.82) is 0 Å². The van der Waals surface area contributed by atoms with E-state index in [0.717, 1.165) is 5.56 Å². The molecule has 0 radical (unpaired) electrons. The molecule has 0 atom stereocenters. The van der Waals surface area contributed by atoms with Crippen molar-refractivity contribution in [3.63, 3.8) is 0 Å². The number of hydrogen-bond acceptors (Lipinski definition) is 2. The summed E-state index contributed by atoms with van der Waals surface area (Å²) in [6, 6.07) is 0. The predicted molar refractivity (Wildman–Crippen MR) is 45.9 cm³/mol. The van der Waals surface area contributed by atoms with Crippen LogP contribution in [0, 0.1) is 0 Å². The number of nitrogens with zero attached hydrogens (tertiary/aromatic N) is 2. The maximum absolute atomic E-state index is 5.37. The highest BCUT2D eigenvalue weighted by atomic mass is 15.2. The number of rotatable bonds is 2. The monoisotopic (exact) mass is 151 g/mol. The molecule has 0 bridgehead atoms. The van der Waals surface area contributed by atoms with E-state index in [-0.39, 0.29) is 0 Å². The van der Waals surface area contributed by atoms with E-state index in [0.29, 0.717) is 6.54 Å². The molecule has 0 spiro atoms. The fourth-order valence-electron chi connectivity index (χ4n) is 0.919. The first-order valence-corrected chi connectivity index (χ1v) is 3.60. The Morgan fingerprint density at radius 3 is 3.00 bits per heavy atom. The minimum atomic E-state index is 0.584. The Morgan fingerprint density at radius 2 is 2.55 bits per heavy atom. The normalized spacial score (nSPS) is 12.1. The Kier molecular flexibility index (Phi) is 2.44. The van der Waals surface area contributed by atoms with Crippen molar-refractivity contribution in [2.75, 3.05) is 6.54 Å². The number of nitrogens with two attached hydrogens (primary N) is 1. The largest absolute Gasteiger partial charge is 0.327 e. The third-order valence-corrected chi connectivity index (χ3v) is 1.58. The maximum Gasteiger partial charge on any atom is 0.0564 e. The standard InChI is InChI=1S/C8H13N3/c1-7(3-4-9)8-5-10-11(2)6-8/h3,5-6H,4,9H2,1-2H3. The molecule has 0 aliphatic carbocycles. The topological polar surface area (TPSA) is 43.8 Å². The third kappa shape index (κ3) is 1.91. The van der Waals surface area contributed by atoms with Gasteiger partial charge in [-0.15, -0.1) is 0 Å². The second-order valence-corrected chi connectivity index (χ2v) is 2.53. The molecule has 0 fully saturated rings. The molecule has 0 amide bonds. The van der Waals surface area contributed by atoms with Gasteiger partial charge in [0, 0.05) is 25.4 Å². The van der Waals surface area contributed by atoms with Gasteiger partial charge in [-0.05, 0) is 12.5 Å². The van der Waals surface area contributed by atoms with E-state index < -0.39 is 0 Å². The molecule has 2 N–H and O–H groups in total. The summed E-state index contributed by atoms with van der Waals surface area (Å²) in [5.74, 6) is 0. The molecule has 1 rings (SSSR count). The van der Waals surface area contributed by atoms with Crippen LogP contribution >= 0.6 is 0 Å². The van der Waals surface area contributed by atoms with Crippen LogP contribution in [0.1, 0.15) is 12.5 Å². The molecule has 1 heterocycles. The molecule has 0 saturated heterocycles. The number of allylic oxidation sites excluding steroid dienone is 1. The first-order valence-electron chi connectivity index (χ1n) is 3.60. The summed E-state index contributed by atoms with van der Waals surface area (Å²) in [5.41, 5.74) is 7.69. The van der Waals surface area contributed by atoms with Crippen LogP contribution in [0.4, 0.5) is 0 Å². The lowest BCUT2D eigenvalue weighted by molar-refractivity contribution is 0.767. The van der Waals surface area contributed by atoms with Crippen molar-refractivity contribution in [3.05, 3.63) is 24.0 Å². The highest BCUT2D eigenvalue weighted by Gasteiger charge is 1.95. The van der Waals surface area contributed by atoms with Gasteiger partial charge in [0.2, 0.25) is 0 Å². The molecule has 0 aliphatic rings. The van der Waals surface area contributed by atoms with Gasteiger partial charge in [0.15, 0.2) is 0 Å². The van der Waals surface area contributed by atoms with Gasteiger partial charge in [0.05, 0.1) is 6.20 Å². The summed E-state index contributed by atoms with van der Waals surface area (Å²) < 4.78 is 1.78. The van der Waals surface area contributed by atoms with Crippen molar-refractivity contribution in [1.82, 2.24) is 9.78 Å². The average Bonchev–Trinajstić information content (AvgIpc) is 2.36. The molecule has 60 valence electrons. The highest BCUT2D eigenvalue weighted by Crippen LogP contribution is 2.10. The van der Waals surface area contributed by atoms with Crippen molar-refractivity contribution >= 4 is 5.57 Å². The van der Waals surface area contributed by atoms with Crippen molar-refractivity contribution in [2.45, 2.75) is 6.92 Å². The minimum Gasteiger partial charge on any atom is -0.327 e. The van der Waals surface area contributed by atoms with E-state index >= 15 is 0 Å². The molecule has 3 heteroatoms. The Hall–Kier alpha value is -1.09. The predicted octanol–water partition coefficient (Wildman–Crippen LogP) is 0.782. The average molecular weight is 151 g/mol. The van der Waals surface area contributed by atoms with Crippen LogP contribution in [0.3, 0.4) is 0 Å². The van der Waals surface area contributed by atoms with Crippen LogP contribution in [-0.2, 0) is 7.05 Å². The number of hydrogen-bond donors (Lipinski definition) is 1. The lowest BCUT2D eigenvalue weighted by atomic mass is 10.1. The summed E-state index contributed by atoms with van der Waals surface area (Å²) in [6.07, 6.45) is 5.79. The molecule has 0 aromatic carbocycles. The van der Waals surface area contributed by atoms with E-state index in [1.807, 2.05) is 32.4 Å². The highest BCUT2D eigenvalue weighted by molar-refractivity contribution is 5.62. The minimum absolute atomic E-state index is 0.584. The molecule has 0 unspecified atom stereocenters. The van der Waals surface area contributed by atoms with Gasteiger partial charge in [0.1, 0.15) is 0 Å². The first kappa shape index (κ1) is 8.01. The molecule has 11 heavy (non-hydrogen) atoms. The molecule has 0 aliphatic heterocycles. The van der Waals surface area contributed by atoms with E-state index in [4.69, 9.17) is 5.73 Å². The summed E-state index contributed by atoms with van der Waals surface area (Å²) >= 11 is 0. The Balaban J connectivity index is 2.84. The second-order valence-electron chi connectivity index (χ2n) is 2.53. The van der Waals surface area contributed by atoms with E-state index in [1.165, 1.54) is 5.57 Å². The summed E-state index contributed by atoms with van der Waals surface area (Å²) in [7, 11) is 1.90. The lowest BCUT2D eigenvalue weighted by Gasteiger charge is -1.92. The number of aryl methyl sites for hydroxylation is 1. The van der Waals surface area contributed by atoms with Crippen molar-refractivity contribution < 1.29 is 0 Å². The van der Waals surface area contributed by atoms with E-state index in [9.17, 15) is 0 Å². The molecule has 3 nitrogen and oxygen atoms in total. The summed E-state index contributed by atoms with van der Waals surface area (Å²) in [6.45, 7) is 2.62. The van der Waals surface area contributed by atoms with Crippen molar-refractivity contribution in [2.24, 2.45) is 12.8 Å². The van der Waals surface area contributed by atoms with Crippen LogP contribution < -0.4 is 5.73 Å². The smallest absolute Gasteiger partial charge is 0.0564 e. The van der Waals surface area contributed by atoms with Gasteiger partial charge in [0.25, 0.3) is 0 Å². The Morgan fingerprint density at radius 1 is 1.82 bits per heavy atom. The second kappa shape index (κ2) is 3.34. The third-order valence-electron chi connectivity index (χ3n) is 1.58. The zero-order valence-electron chi connectivity index (χ0n) is 6.91. The van der Waals surface area contributed by atoms with Gasteiger partial charge in [-0.25, -0.2) is 0 Å². The first-order chi connectivity index (χ1) is 5.24. The molecule has 1 aromatic heterocycles. The van der Waals surface area contributed by atoms with Crippen LogP contribution in [0.2, 0.25) is 0 Å². The zero-order chi connectivity index (χ0) is 8.27. The van der Waals surface area contributed by atoms with Gasteiger partial charge >= 0.3 is 0 Å². The molecular formula is C8H13N3. The lowest BCUT2D eigenvalue weighted by Crippen LogP contribution is -1.93. The summed E-state index contributed by atoms with van der Waals surface area (Å²) in [5, 5.41) is 4.05. The van der Waals surface area contributed by atoms with E-state index in [1.54, 1.807) is 4.68 Å². The molecule has 0 saturated carbocycles. The van der Waals surface area contributed by atoms with Crippen LogP contribution in [0.25, 0.3) is 5.57 Å². The summed E-state index contributed by atoms with van der Waals surface area (Å²) in [4.78, 5) is 0. The molecular weight excluding hydrogens is 138 g/mol. The Labute approximate surface area is 66.5 Å². The molecule has 1 aromatic rings. The van der Waals surface area contributed by atoms with Gasteiger partial charge in [-0.2, -0.15) is 5.10 Å². The number of aromatic nitrogens is 2.